The number of aromatic carboxylic acids is 1. The first kappa shape index (κ1) is 15.3. The van der Waals surface area contributed by atoms with Gasteiger partial charge in [0.25, 0.3) is 0 Å². The average Bonchev–Trinajstić information content (AvgIpc) is 2.40. The number of halogens is 1. The predicted octanol–water partition coefficient (Wildman–Crippen LogP) is 3.18. The molecule has 1 aliphatic rings. The highest BCUT2D eigenvalue weighted by atomic mass is 19.1. The quantitative estimate of drug-likeness (QED) is 0.880. The van der Waals surface area contributed by atoms with Crippen molar-refractivity contribution in [1.29, 1.82) is 0 Å². The molecular formula is C15H19FN2O3. The van der Waals surface area contributed by atoms with Crippen molar-refractivity contribution in [3.8, 4) is 0 Å². The SMILES string of the molecule is CC1(C)CCN(C(=O)Nc2cc(C(=O)O)ccc2F)CC1. The molecule has 0 atom stereocenters. The molecule has 1 aromatic rings. The summed E-state index contributed by atoms with van der Waals surface area (Å²) in [4.78, 5) is 24.6. The van der Waals surface area contributed by atoms with E-state index < -0.39 is 17.8 Å². The normalized spacial score (nSPS) is 17.4. The van der Waals surface area contributed by atoms with Crippen LogP contribution in [0.3, 0.4) is 0 Å². The molecule has 0 aliphatic carbocycles. The second kappa shape index (κ2) is 5.71. The Balaban J connectivity index is 2.06. The van der Waals surface area contributed by atoms with Gasteiger partial charge in [0.15, 0.2) is 0 Å². The number of carboxylic acid groups (broad SMARTS) is 1. The number of anilines is 1. The number of hydrogen-bond donors (Lipinski definition) is 2. The van der Waals surface area contributed by atoms with Gasteiger partial charge in [-0.2, -0.15) is 0 Å². The summed E-state index contributed by atoms with van der Waals surface area (Å²) in [5, 5.41) is 11.3. The summed E-state index contributed by atoms with van der Waals surface area (Å²) in [6, 6.07) is 2.94. The van der Waals surface area contributed by atoms with E-state index in [1.54, 1.807) is 4.90 Å². The molecule has 1 heterocycles. The topological polar surface area (TPSA) is 69.6 Å². The number of urea groups is 1. The second-order valence-electron chi connectivity index (χ2n) is 6.08. The van der Waals surface area contributed by atoms with E-state index in [2.05, 4.69) is 19.2 Å². The van der Waals surface area contributed by atoms with E-state index in [1.807, 2.05) is 0 Å². The first-order valence-corrected chi connectivity index (χ1v) is 6.87. The fourth-order valence-corrected chi connectivity index (χ4v) is 2.26. The van der Waals surface area contributed by atoms with E-state index in [-0.39, 0.29) is 16.7 Å². The van der Waals surface area contributed by atoms with Crippen LogP contribution < -0.4 is 5.32 Å². The predicted molar refractivity (Wildman–Crippen MR) is 77.0 cm³/mol. The molecule has 1 aromatic carbocycles. The number of carboxylic acids is 1. The van der Waals surface area contributed by atoms with E-state index in [4.69, 9.17) is 5.11 Å². The molecule has 0 unspecified atom stereocenters. The van der Waals surface area contributed by atoms with Gasteiger partial charge in [-0.05, 0) is 36.5 Å². The maximum Gasteiger partial charge on any atom is 0.335 e. The van der Waals surface area contributed by atoms with Crippen molar-refractivity contribution < 1.29 is 19.1 Å². The Labute approximate surface area is 122 Å². The van der Waals surface area contributed by atoms with Gasteiger partial charge in [0, 0.05) is 13.1 Å². The maximum atomic E-state index is 13.7. The highest BCUT2D eigenvalue weighted by molar-refractivity contribution is 5.93. The van der Waals surface area contributed by atoms with Crippen molar-refractivity contribution in [2.75, 3.05) is 18.4 Å². The number of piperidine rings is 1. The molecule has 0 spiro atoms. The van der Waals surface area contributed by atoms with Crippen LogP contribution in [0.4, 0.5) is 14.9 Å². The fourth-order valence-electron chi connectivity index (χ4n) is 2.26. The number of likely N-dealkylation sites (tertiary alicyclic amines) is 1. The summed E-state index contributed by atoms with van der Waals surface area (Å²) >= 11 is 0. The third kappa shape index (κ3) is 3.71. The van der Waals surface area contributed by atoms with Gasteiger partial charge in [-0.1, -0.05) is 13.8 Å². The van der Waals surface area contributed by atoms with Crippen molar-refractivity contribution in [2.24, 2.45) is 5.41 Å². The van der Waals surface area contributed by atoms with Gasteiger partial charge in [-0.25, -0.2) is 14.0 Å². The molecule has 0 bridgehead atoms. The zero-order valence-electron chi connectivity index (χ0n) is 12.1. The van der Waals surface area contributed by atoms with Gasteiger partial charge >= 0.3 is 12.0 Å². The van der Waals surface area contributed by atoms with Crippen LogP contribution in [0.25, 0.3) is 0 Å². The number of carbonyl (C=O) groups excluding carboxylic acids is 1. The molecule has 5 nitrogen and oxygen atoms in total. The first-order chi connectivity index (χ1) is 9.78. The summed E-state index contributed by atoms with van der Waals surface area (Å²) in [5.41, 5.74) is 0.0434. The van der Waals surface area contributed by atoms with Crippen LogP contribution in [0.15, 0.2) is 18.2 Å². The van der Waals surface area contributed by atoms with Crippen LogP contribution >= 0.6 is 0 Å². The van der Waals surface area contributed by atoms with Gasteiger partial charge in [0.05, 0.1) is 11.3 Å². The molecular weight excluding hydrogens is 275 g/mol. The average molecular weight is 294 g/mol. The van der Waals surface area contributed by atoms with Gasteiger partial charge in [0.2, 0.25) is 0 Å². The minimum Gasteiger partial charge on any atom is -0.478 e. The molecule has 2 N–H and O–H groups in total. The molecule has 0 radical (unpaired) electrons. The van der Waals surface area contributed by atoms with Crippen molar-refractivity contribution in [2.45, 2.75) is 26.7 Å². The van der Waals surface area contributed by atoms with Crippen molar-refractivity contribution >= 4 is 17.7 Å². The van der Waals surface area contributed by atoms with Crippen LogP contribution in [0, 0.1) is 11.2 Å². The Morgan fingerprint density at radius 1 is 1.29 bits per heavy atom. The third-order valence-corrected chi connectivity index (χ3v) is 3.86. The van der Waals surface area contributed by atoms with Gasteiger partial charge < -0.3 is 15.3 Å². The monoisotopic (exact) mass is 294 g/mol. The van der Waals surface area contributed by atoms with Crippen LogP contribution in [-0.2, 0) is 0 Å². The lowest BCUT2D eigenvalue weighted by atomic mass is 9.83. The van der Waals surface area contributed by atoms with Crippen LogP contribution in [0.5, 0.6) is 0 Å². The number of nitrogens with one attached hydrogen (secondary N) is 1. The molecule has 0 saturated carbocycles. The van der Waals surface area contributed by atoms with Crippen LogP contribution in [0.2, 0.25) is 0 Å². The van der Waals surface area contributed by atoms with Gasteiger partial charge in [-0.15, -0.1) is 0 Å². The Hall–Kier alpha value is -2.11. The first-order valence-electron chi connectivity index (χ1n) is 6.87. The minimum absolute atomic E-state index is 0.0634. The van der Waals surface area contributed by atoms with Crippen molar-refractivity contribution in [3.05, 3.63) is 29.6 Å². The number of benzene rings is 1. The third-order valence-electron chi connectivity index (χ3n) is 3.86. The van der Waals surface area contributed by atoms with Crippen molar-refractivity contribution in [1.82, 2.24) is 4.90 Å². The zero-order chi connectivity index (χ0) is 15.6. The summed E-state index contributed by atoms with van der Waals surface area (Å²) in [6.07, 6.45) is 1.77. The van der Waals surface area contributed by atoms with E-state index in [1.165, 1.54) is 0 Å². The lowest BCUT2D eigenvalue weighted by Crippen LogP contribution is -2.43. The Morgan fingerprint density at radius 3 is 2.48 bits per heavy atom. The highest BCUT2D eigenvalue weighted by Crippen LogP contribution is 2.30. The Kier molecular flexibility index (Phi) is 4.16. The number of carbonyl (C=O) groups is 2. The Bertz CT molecular complexity index is 562. The molecule has 6 heteroatoms. The molecule has 1 saturated heterocycles. The summed E-state index contributed by atoms with van der Waals surface area (Å²) in [6.45, 7) is 5.52. The molecule has 2 rings (SSSR count). The van der Waals surface area contributed by atoms with E-state index >= 15 is 0 Å². The van der Waals surface area contributed by atoms with Crippen LogP contribution in [-0.4, -0.2) is 35.1 Å². The standard InChI is InChI=1S/C15H19FN2O3/c1-15(2)5-7-18(8-6-15)14(21)17-12-9-10(13(19)20)3-4-11(12)16/h3-4,9H,5-8H2,1-2H3,(H,17,21)(H,19,20). The molecule has 21 heavy (non-hydrogen) atoms. The number of nitrogens with zero attached hydrogens (tertiary/aromatic N) is 1. The lowest BCUT2D eigenvalue weighted by molar-refractivity contribution is 0.0696. The van der Waals surface area contributed by atoms with E-state index in [9.17, 15) is 14.0 Å². The summed E-state index contributed by atoms with van der Waals surface area (Å²) < 4.78 is 13.7. The smallest absolute Gasteiger partial charge is 0.335 e. The van der Waals surface area contributed by atoms with Gasteiger partial charge in [-0.3, -0.25) is 0 Å². The van der Waals surface area contributed by atoms with Crippen LogP contribution in [0.1, 0.15) is 37.0 Å². The Morgan fingerprint density at radius 2 is 1.90 bits per heavy atom. The minimum atomic E-state index is -1.16. The molecule has 1 fully saturated rings. The largest absolute Gasteiger partial charge is 0.478 e. The zero-order valence-corrected chi connectivity index (χ0v) is 12.1. The summed E-state index contributed by atoms with van der Waals surface area (Å²) in [5.74, 6) is -1.81. The fraction of sp³-hybridized carbons (Fsp3) is 0.467. The molecule has 1 aliphatic heterocycles. The maximum absolute atomic E-state index is 13.7. The highest BCUT2D eigenvalue weighted by Gasteiger charge is 2.28. The number of rotatable bonds is 2. The number of amides is 2. The lowest BCUT2D eigenvalue weighted by Gasteiger charge is -2.36. The molecule has 0 aromatic heterocycles. The van der Waals surface area contributed by atoms with Crippen molar-refractivity contribution in [3.63, 3.8) is 0 Å². The van der Waals surface area contributed by atoms with E-state index in [0.717, 1.165) is 31.0 Å². The molecule has 114 valence electrons. The number of hydrogen-bond acceptors (Lipinski definition) is 2. The molecule has 2 amide bonds. The van der Waals surface area contributed by atoms with E-state index in [0.29, 0.717) is 13.1 Å². The summed E-state index contributed by atoms with van der Waals surface area (Å²) in [7, 11) is 0. The second-order valence-corrected chi connectivity index (χ2v) is 6.08. The van der Waals surface area contributed by atoms with Gasteiger partial charge in [0.1, 0.15) is 5.82 Å².